The number of benzene rings is 1. The second kappa shape index (κ2) is 8.15. The molecule has 1 heterocycles. The molecule has 0 bridgehead atoms. The van der Waals surface area contributed by atoms with Gasteiger partial charge in [-0.1, -0.05) is 25.5 Å². The van der Waals surface area contributed by atoms with E-state index in [1.54, 1.807) is 11.8 Å². The maximum atomic E-state index is 12.8. The zero-order valence-electron chi connectivity index (χ0n) is 13.4. The number of anilines is 1. The third-order valence-electron chi connectivity index (χ3n) is 3.92. The summed E-state index contributed by atoms with van der Waals surface area (Å²) in [4.78, 5) is 14.5. The molecule has 5 heteroatoms. The Morgan fingerprint density at radius 2 is 2.27 bits per heavy atom. The summed E-state index contributed by atoms with van der Waals surface area (Å²) in [7, 11) is 0. The van der Waals surface area contributed by atoms with Gasteiger partial charge in [0.1, 0.15) is 6.10 Å². The van der Waals surface area contributed by atoms with Crippen LogP contribution in [0, 0.1) is 0 Å². The summed E-state index contributed by atoms with van der Waals surface area (Å²) in [6.45, 7) is 6.15. The van der Waals surface area contributed by atoms with Crippen LogP contribution in [-0.4, -0.2) is 54.4 Å². The molecule has 0 unspecified atom stereocenters. The normalized spacial score (nSPS) is 19.8. The molecule has 5 nitrogen and oxygen atoms in total. The molecule has 2 atom stereocenters. The Bertz CT molecular complexity index is 491. The fourth-order valence-electron chi connectivity index (χ4n) is 2.55. The van der Waals surface area contributed by atoms with Gasteiger partial charge in [-0.3, -0.25) is 4.79 Å². The van der Waals surface area contributed by atoms with E-state index in [-0.39, 0.29) is 12.0 Å². The van der Waals surface area contributed by atoms with Gasteiger partial charge >= 0.3 is 0 Å². The zero-order chi connectivity index (χ0) is 15.9. The number of morpholine rings is 1. The molecule has 1 aromatic rings. The summed E-state index contributed by atoms with van der Waals surface area (Å²) < 4.78 is 5.51. The van der Waals surface area contributed by atoms with E-state index in [4.69, 9.17) is 4.74 Å². The molecule has 122 valence electrons. The molecule has 0 spiro atoms. The van der Waals surface area contributed by atoms with Gasteiger partial charge in [0.15, 0.2) is 0 Å². The van der Waals surface area contributed by atoms with Crippen LogP contribution in [0.2, 0.25) is 0 Å². The number of aliphatic hydroxyl groups is 1. The second-order valence-electron chi connectivity index (χ2n) is 5.73. The van der Waals surface area contributed by atoms with Crippen molar-refractivity contribution in [2.24, 2.45) is 0 Å². The number of nitrogens with one attached hydrogen (secondary N) is 1. The van der Waals surface area contributed by atoms with Gasteiger partial charge in [0.2, 0.25) is 0 Å². The first kappa shape index (κ1) is 16.8. The van der Waals surface area contributed by atoms with Crippen molar-refractivity contribution in [1.82, 2.24) is 4.90 Å². The molecule has 0 aromatic heterocycles. The third-order valence-corrected chi connectivity index (χ3v) is 3.92. The lowest BCUT2D eigenvalue weighted by Crippen LogP contribution is -2.49. The van der Waals surface area contributed by atoms with Gasteiger partial charge in [-0.2, -0.15) is 0 Å². The molecule has 1 fully saturated rings. The van der Waals surface area contributed by atoms with Gasteiger partial charge < -0.3 is 20.1 Å². The highest BCUT2D eigenvalue weighted by atomic mass is 16.5. The van der Waals surface area contributed by atoms with Gasteiger partial charge in [-0.25, -0.2) is 0 Å². The third kappa shape index (κ3) is 4.21. The van der Waals surface area contributed by atoms with Crippen LogP contribution in [0.3, 0.4) is 0 Å². The number of hydrogen-bond donors (Lipinski definition) is 2. The summed E-state index contributed by atoms with van der Waals surface area (Å²) in [5, 5.41) is 13.0. The summed E-state index contributed by atoms with van der Waals surface area (Å²) in [5.74, 6) is -0.00597. The molecule has 0 saturated carbocycles. The largest absolute Gasteiger partial charge is 0.391 e. The Labute approximate surface area is 132 Å². The number of amides is 1. The number of para-hydroxylation sites is 1. The molecule has 0 radical (unpaired) electrons. The van der Waals surface area contributed by atoms with E-state index in [0.29, 0.717) is 25.3 Å². The number of carbonyl (C=O) groups is 1. The highest BCUT2D eigenvalue weighted by molar-refractivity contribution is 5.99. The van der Waals surface area contributed by atoms with E-state index in [1.165, 1.54) is 0 Å². The van der Waals surface area contributed by atoms with Crippen LogP contribution in [0.25, 0.3) is 0 Å². The summed E-state index contributed by atoms with van der Waals surface area (Å²) in [5.41, 5.74) is 1.56. The van der Waals surface area contributed by atoms with E-state index < -0.39 is 6.10 Å². The predicted molar refractivity (Wildman–Crippen MR) is 87.2 cm³/mol. The van der Waals surface area contributed by atoms with Crippen molar-refractivity contribution in [3.63, 3.8) is 0 Å². The van der Waals surface area contributed by atoms with E-state index in [0.717, 1.165) is 25.1 Å². The first-order valence-corrected chi connectivity index (χ1v) is 8.05. The Morgan fingerprint density at radius 1 is 1.50 bits per heavy atom. The van der Waals surface area contributed by atoms with Crippen LogP contribution < -0.4 is 5.32 Å². The minimum absolute atomic E-state index is 0.00597. The fraction of sp³-hybridized carbons (Fsp3) is 0.588. The molecule has 1 saturated heterocycles. The quantitative estimate of drug-likeness (QED) is 0.790. The van der Waals surface area contributed by atoms with Gasteiger partial charge in [0.05, 0.1) is 18.3 Å². The first-order chi connectivity index (χ1) is 10.6. The lowest BCUT2D eigenvalue weighted by atomic mass is 10.1. The Morgan fingerprint density at radius 3 is 3.00 bits per heavy atom. The number of rotatable bonds is 6. The summed E-state index contributed by atoms with van der Waals surface area (Å²) in [6.07, 6.45) is 1.30. The predicted octanol–water partition coefficient (Wildman–Crippen LogP) is 2.12. The molecular weight excluding hydrogens is 280 g/mol. The van der Waals surface area contributed by atoms with Gasteiger partial charge in [0, 0.05) is 25.3 Å². The van der Waals surface area contributed by atoms with E-state index in [1.807, 2.05) is 24.3 Å². The molecule has 1 aliphatic heterocycles. The molecule has 2 N–H and O–H groups in total. The van der Waals surface area contributed by atoms with Crippen LogP contribution in [0.4, 0.5) is 5.69 Å². The fourth-order valence-corrected chi connectivity index (χ4v) is 2.55. The molecule has 2 rings (SSSR count). The average Bonchev–Trinajstić information content (AvgIpc) is 2.55. The smallest absolute Gasteiger partial charge is 0.256 e. The number of hydrogen-bond acceptors (Lipinski definition) is 4. The van der Waals surface area contributed by atoms with E-state index in [9.17, 15) is 9.90 Å². The highest BCUT2D eigenvalue weighted by Crippen LogP contribution is 2.19. The Hall–Kier alpha value is -1.59. The lowest BCUT2D eigenvalue weighted by molar-refractivity contribution is -0.0745. The van der Waals surface area contributed by atoms with Crippen molar-refractivity contribution >= 4 is 11.6 Å². The molecule has 0 aliphatic carbocycles. The first-order valence-electron chi connectivity index (χ1n) is 8.05. The number of carbonyl (C=O) groups excluding carboxylic acids is 1. The topological polar surface area (TPSA) is 61.8 Å². The van der Waals surface area contributed by atoms with E-state index in [2.05, 4.69) is 12.2 Å². The maximum absolute atomic E-state index is 12.8. The number of aliphatic hydroxyl groups excluding tert-OH is 1. The van der Waals surface area contributed by atoms with Crippen molar-refractivity contribution in [2.45, 2.75) is 38.9 Å². The Balaban J connectivity index is 2.08. The van der Waals surface area contributed by atoms with Crippen molar-refractivity contribution in [3.05, 3.63) is 29.8 Å². The zero-order valence-corrected chi connectivity index (χ0v) is 13.4. The minimum Gasteiger partial charge on any atom is -0.391 e. The van der Waals surface area contributed by atoms with Crippen LogP contribution in [0.5, 0.6) is 0 Å². The monoisotopic (exact) mass is 306 g/mol. The van der Waals surface area contributed by atoms with Crippen molar-refractivity contribution in [2.75, 3.05) is 31.6 Å². The number of unbranched alkanes of at least 4 members (excludes halogenated alkanes) is 1. The molecule has 1 aliphatic rings. The minimum atomic E-state index is -0.575. The Kier molecular flexibility index (Phi) is 6.21. The van der Waals surface area contributed by atoms with Crippen LogP contribution in [0.1, 0.15) is 37.0 Å². The van der Waals surface area contributed by atoms with Crippen LogP contribution >= 0.6 is 0 Å². The highest BCUT2D eigenvalue weighted by Gasteiger charge is 2.28. The average molecular weight is 306 g/mol. The van der Waals surface area contributed by atoms with Crippen molar-refractivity contribution in [1.29, 1.82) is 0 Å². The molecule has 1 amide bonds. The lowest BCUT2D eigenvalue weighted by Gasteiger charge is -2.34. The molecule has 22 heavy (non-hydrogen) atoms. The molecular formula is C17H26N2O3. The SMILES string of the molecule is CCCCNc1ccccc1C(=O)N1CCO[C@@H]([C@@H](C)O)C1. The van der Waals surface area contributed by atoms with Crippen molar-refractivity contribution in [3.8, 4) is 0 Å². The molecule has 1 aromatic carbocycles. The van der Waals surface area contributed by atoms with Gasteiger partial charge in [0.25, 0.3) is 5.91 Å². The standard InChI is InChI=1S/C17H26N2O3/c1-3-4-9-18-15-8-6-5-7-14(15)17(21)19-10-11-22-16(12-19)13(2)20/h5-8,13,16,18,20H,3-4,9-12H2,1-2H3/t13-,16-/m1/s1. The maximum Gasteiger partial charge on any atom is 0.256 e. The van der Waals surface area contributed by atoms with Crippen LogP contribution in [0.15, 0.2) is 24.3 Å². The van der Waals surface area contributed by atoms with Crippen molar-refractivity contribution < 1.29 is 14.6 Å². The van der Waals surface area contributed by atoms with Gasteiger partial charge in [-0.15, -0.1) is 0 Å². The van der Waals surface area contributed by atoms with E-state index >= 15 is 0 Å². The van der Waals surface area contributed by atoms with Gasteiger partial charge in [-0.05, 0) is 25.5 Å². The second-order valence-corrected chi connectivity index (χ2v) is 5.73. The summed E-state index contributed by atoms with van der Waals surface area (Å²) in [6, 6.07) is 7.60. The number of nitrogens with zero attached hydrogens (tertiary/aromatic N) is 1. The van der Waals surface area contributed by atoms with Crippen LogP contribution in [-0.2, 0) is 4.74 Å². The summed E-state index contributed by atoms with van der Waals surface area (Å²) >= 11 is 0. The number of ether oxygens (including phenoxy) is 1.